The van der Waals surface area contributed by atoms with Gasteiger partial charge < -0.3 is 5.73 Å². The Kier molecular flexibility index (Phi) is 3.62. The second-order valence-electron chi connectivity index (χ2n) is 3.12. The van der Waals surface area contributed by atoms with Crippen LogP contribution in [0.4, 0.5) is 5.69 Å². The van der Waals surface area contributed by atoms with Crippen molar-refractivity contribution >= 4 is 28.9 Å². The maximum absolute atomic E-state index is 5.84. The van der Waals surface area contributed by atoms with Gasteiger partial charge in [-0.15, -0.1) is 0 Å². The van der Waals surface area contributed by atoms with E-state index in [-0.39, 0.29) is 16.2 Å². The van der Waals surface area contributed by atoms with E-state index in [0.717, 1.165) is 0 Å². The molecule has 1 aromatic rings. The third-order valence-corrected chi connectivity index (χ3v) is 1.93. The lowest BCUT2D eigenvalue weighted by Crippen LogP contribution is -1.94. The summed E-state index contributed by atoms with van der Waals surface area (Å²) in [4.78, 5) is 3.86. The van der Waals surface area contributed by atoms with Gasteiger partial charge in [0.2, 0.25) is 0 Å². The number of halogens is 2. The first-order valence-corrected chi connectivity index (χ1v) is 4.89. The van der Waals surface area contributed by atoms with Crippen LogP contribution in [0.25, 0.3) is 0 Å². The molecule has 0 amide bonds. The molecular weight excluding hydrogens is 219 g/mol. The van der Waals surface area contributed by atoms with Crippen LogP contribution in [0.3, 0.4) is 0 Å². The predicted molar refractivity (Wildman–Crippen MR) is 60.4 cm³/mol. The lowest BCUT2D eigenvalue weighted by molar-refractivity contribution is 0.866. The van der Waals surface area contributed by atoms with Gasteiger partial charge in [-0.25, -0.2) is 4.98 Å². The van der Waals surface area contributed by atoms with Crippen LogP contribution in [0.5, 0.6) is 0 Å². The normalized spacial score (nSPS) is 9.79. The summed E-state index contributed by atoms with van der Waals surface area (Å²) in [5.74, 6) is 6.11. The average molecular weight is 229 g/mol. The van der Waals surface area contributed by atoms with Crippen LogP contribution in [-0.4, -0.2) is 4.98 Å². The molecule has 0 saturated carbocycles. The van der Waals surface area contributed by atoms with E-state index >= 15 is 0 Å². The van der Waals surface area contributed by atoms with E-state index in [1.54, 1.807) is 0 Å². The highest BCUT2D eigenvalue weighted by molar-refractivity contribution is 6.33. The highest BCUT2D eigenvalue weighted by Crippen LogP contribution is 2.22. The standard InChI is InChI=1S/C10H10Cl2N2/c1-6(2)3-4-7-8(13)5-9(11)14-10(7)12/h5-6H,1-2H3,(H2,13,14). The van der Waals surface area contributed by atoms with Crippen molar-refractivity contribution in [3.05, 3.63) is 21.9 Å². The molecule has 0 radical (unpaired) electrons. The van der Waals surface area contributed by atoms with Gasteiger partial charge in [-0.1, -0.05) is 48.9 Å². The van der Waals surface area contributed by atoms with Crippen LogP contribution in [-0.2, 0) is 0 Å². The van der Waals surface area contributed by atoms with Crippen LogP contribution in [0.15, 0.2) is 6.07 Å². The van der Waals surface area contributed by atoms with E-state index in [4.69, 9.17) is 28.9 Å². The van der Waals surface area contributed by atoms with Gasteiger partial charge >= 0.3 is 0 Å². The minimum atomic E-state index is 0.253. The van der Waals surface area contributed by atoms with Crippen molar-refractivity contribution in [2.24, 2.45) is 5.92 Å². The lowest BCUT2D eigenvalue weighted by Gasteiger charge is -2.01. The van der Waals surface area contributed by atoms with Gasteiger partial charge in [0.25, 0.3) is 0 Å². The van der Waals surface area contributed by atoms with E-state index in [1.807, 2.05) is 13.8 Å². The highest BCUT2D eigenvalue weighted by atomic mass is 35.5. The molecule has 2 N–H and O–H groups in total. The third-order valence-electron chi connectivity index (χ3n) is 1.46. The summed E-state index contributed by atoms with van der Waals surface area (Å²) in [6.07, 6.45) is 0. The number of pyridine rings is 1. The van der Waals surface area contributed by atoms with Gasteiger partial charge in [0.1, 0.15) is 10.3 Å². The molecule has 0 saturated heterocycles. The minimum absolute atomic E-state index is 0.253. The second-order valence-corrected chi connectivity index (χ2v) is 3.87. The first kappa shape index (κ1) is 11.2. The van der Waals surface area contributed by atoms with Crippen molar-refractivity contribution in [1.82, 2.24) is 4.98 Å². The monoisotopic (exact) mass is 228 g/mol. The number of anilines is 1. The van der Waals surface area contributed by atoms with Crippen LogP contribution in [0.1, 0.15) is 19.4 Å². The molecule has 0 fully saturated rings. The fraction of sp³-hybridized carbons (Fsp3) is 0.300. The number of hydrogen-bond acceptors (Lipinski definition) is 2. The van der Waals surface area contributed by atoms with Gasteiger partial charge in [-0.3, -0.25) is 0 Å². The second kappa shape index (κ2) is 4.54. The molecule has 74 valence electrons. The van der Waals surface area contributed by atoms with E-state index in [0.29, 0.717) is 11.3 Å². The maximum atomic E-state index is 5.84. The number of nitrogen functional groups attached to an aromatic ring is 1. The van der Waals surface area contributed by atoms with Gasteiger partial charge in [0.05, 0.1) is 11.3 Å². The molecule has 1 aromatic heterocycles. The average Bonchev–Trinajstić information content (AvgIpc) is 2.01. The molecule has 0 spiro atoms. The zero-order chi connectivity index (χ0) is 10.7. The molecule has 0 atom stereocenters. The Morgan fingerprint density at radius 3 is 2.57 bits per heavy atom. The Morgan fingerprint density at radius 1 is 1.43 bits per heavy atom. The van der Waals surface area contributed by atoms with Gasteiger partial charge in [0, 0.05) is 5.92 Å². The molecule has 0 aliphatic carbocycles. The molecule has 0 aliphatic rings. The van der Waals surface area contributed by atoms with E-state index in [9.17, 15) is 0 Å². The quantitative estimate of drug-likeness (QED) is 0.548. The van der Waals surface area contributed by atoms with Crippen molar-refractivity contribution < 1.29 is 0 Å². The highest BCUT2D eigenvalue weighted by Gasteiger charge is 2.05. The zero-order valence-corrected chi connectivity index (χ0v) is 9.45. The van der Waals surface area contributed by atoms with Gasteiger partial charge in [0.15, 0.2) is 0 Å². The molecule has 0 unspecified atom stereocenters. The molecule has 1 heterocycles. The van der Waals surface area contributed by atoms with Crippen LogP contribution in [0, 0.1) is 17.8 Å². The van der Waals surface area contributed by atoms with Crippen LogP contribution >= 0.6 is 23.2 Å². The summed E-state index contributed by atoms with van der Waals surface area (Å²) >= 11 is 11.5. The van der Waals surface area contributed by atoms with E-state index in [2.05, 4.69) is 16.8 Å². The van der Waals surface area contributed by atoms with Crippen molar-refractivity contribution in [3.63, 3.8) is 0 Å². The summed E-state index contributed by atoms with van der Waals surface area (Å²) in [6, 6.07) is 1.54. The Morgan fingerprint density at radius 2 is 2.07 bits per heavy atom. The topological polar surface area (TPSA) is 38.9 Å². The summed E-state index contributed by atoms with van der Waals surface area (Å²) in [7, 11) is 0. The number of rotatable bonds is 0. The number of nitrogens with two attached hydrogens (primary N) is 1. The summed E-state index contributed by atoms with van der Waals surface area (Å²) < 4.78 is 0. The largest absolute Gasteiger partial charge is 0.398 e. The van der Waals surface area contributed by atoms with Crippen molar-refractivity contribution in [1.29, 1.82) is 0 Å². The SMILES string of the molecule is CC(C)C#Cc1c(N)cc(Cl)nc1Cl. The number of aromatic nitrogens is 1. The Balaban J connectivity index is 3.17. The molecule has 0 bridgehead atoms. The molecule has 0 aromatic carbocycles. The fourth-order valence-electron chi connectivity index (χ4n) is 0.842. The first-order chi connectivity index (χ1) is 6.50. The molecule has 2 nitrogen and oxygen atoms in total. The van der Waals surface area contributed by atoms with Gasteiger partial charge in [-0.05, 0) is 6.07 Å². The Hall–Kier alpha value is -0.910. The molecule has 14 heavy (non-hydrogen) atoms. The zero-order valence-electron chi connectivity index (χ0n) is 7.94. The van der Waals surface area contributed by atoms with Gasteiger partial charge in [-0.2, -0.15) is 0 Å². The molecule has 4 heteroatoms. The fourth-order valence-corrected chi connectivity index (χ4v) is 1.33. The Labute approximate surface area is 93.4 Å². The maximum Gasteiger partial charge on any atom is 0.148 e. The lowest BCUT2D eigenvalue weighted by atomic mass is 10.2. The first-order valence-electron chi connectivity index (χ1n) is 4.13. The van der Waals surface area contributed by atoms with Crippen molar-refractivity contribution in [2.45, 2.75) is 13.8 Å². The van der Waals surface area contributed by atoms with E-state index in [1.165, 1.54) is 6.07 Å². The predicted octanol–water partition coefficient (Wildman–Crippen LogP) is 2.98. The Bertz CT molecular complexity index is 379. The summed E-state index contributed by atoms with van der Waals surface area (Å²) in [5.41, 5.74) is 6.70. The molecular formula is C10H10Cl2N2. The van der Waals surface area contributed by atoms with Crippen LogP contribution < -0.4 is 5.73 Å². The van der Waals surface area contributed by atoms with E-state index < -0.39 is 0 Å². The third kappa shape index (κ3) is 2.80. The summed E-state index contributed by atoms with van der Waals surface area (Å²) in [6.45, 7) is 3.97. The number of nitrogens with zero attached hydrogens (tertiary/aromatic N) is 1. The number of hydrogen-bond donors (Lipinski definition) is 1. The van der Waals surface area contributed by atoms with Crippen LogP contribution in [0.2, 0.25) is 10.3 Å². The smallest absolute Gasteiger partial charge is 0.148 e. The minimum Gasteiger partial charge on any atom is -0.398 e. The summed E-state index contributed by atoms with van der Waals surface area (Å²) in [5, 5.41) is 0.533. The molecule has 0 aliphatic heterocycles. The van der Waals surface area contributed by atoms with Crippen molar-refractivity contribution in [2.75, 3.05) is 5.73 Å². The molecule has 1 rings (SSSR count). The van der Waals surface area contributed by atoms with Crippen molar-refractivity contribution in [3.8, 4) is 11.8 Å².